The molecule has 0 fully saturated rings. The number of nitrogens with one attached hydrogen (secondary N) is 2. The first-order chi connectivity index (χ1) is 13.1. The largest absolute Gasteiger partial charge is 0.345 e. The molecule has 27 heavy (non-hydrogen) atoms. The van der Waals surface area contributed by atoms with Crippen molar-refractivity contribution >= 4 is 11.8 Å². The number of aromatic nitrogens is 1. The van der Waals surface area contributed by atoms with Crippen LogP contribution in [0.5, 0.6) is 0 Å². The first kappa shape index (κ1) is 18.3. The van der Waals surface area contributed by atoms with Crippen LogP contribution in [-0.2, 0) is 4.79 Å². The van der Waals surface area contributed by atoms with Crippen LogP contribution < -0.4 is 10.8 Å². The molecule has 136 valence electrons. The summed E-state index contributed by atoms with van der Waals surface area (Å²) in [7, 11) is 0. The number of nitrogens with zero attached hydrogens (tertiary/aromatic N) is 1. The molecule has 1 unspecified atom stereocenters. The average Bonchev–Trinajstić information content (AvgIpc) is 2.72. The summed E-state index contributed by atoms with van der Waals surface area (Å²) < 4.78 is 0. The van der Waals surface area contributed by atoms with Gasteiger partial charge in [-0.15, -0.1) is 0 Å². The number of carbonyl (C=O) groups excluding carboxylic acids is 2. The van der Waals surface area contributed by atoms with Gasteiger partial charge in [-0.2, -0.15) is 0 Å². The lowest BCUT2D eigenvalue weighted by atomic mass is 9.91. The summed E-state index contributed by atoms with van der Waals surface area (Å²) >= 11 is 0. The number of carbonyl (C=O) groups is 2. The molecule has 0 aliphatic carbocycles. The second-order valence-corrected chi connectivity index (χ2v) is 6.03. The van der Waals surface area contributed by atoms with Gasteiger partial charge in [-0.3, -0.25) is 19.8 Å². The number of benzene rings is 2. The molecule has 0 aliphatic rings. The Balaban J connectivity index is 2.06. The maximum absolute atomic E-state index is 11.8. The zero-order valence-corrected chi connectivity index (χ0v) is 14.7. The minimum atomic E-state index is -0.568. The first-order valence-electron chi connectivity index (χ1n) is 8.41. The number of hydroxylamine groups is 1. The second-order valence-electron chi connectivity index (χ2n) is 6.03. The van der Waals surface area contributed by atoms with E-state index in [2.05, 4.69) is 10.3 Å². The lowest BCUT2D eigenvalue weighted by molar-refractivity contribution is -0.119. The predicted octanol–water partition coefficient (Wildman–Crippen LogP) is 3.09. The van der Waals surface area contributed by atoms with E-state index in [0.29, 0.717) is 5.56 Å². The lowest BCUT2D eigenvalue weighted by Gasteiger charge is -2.22. The molecule has 6 nitrogen and oxygen atoms in total. The van der Waals surface area contributed by atoms with Crippen LogP contribution in [0.3, 0.4) is 0 Å². The Morgan fingerprint density at radius 2 is 1.74 bits per heavy atom. The fourth-order valence-corrected chi connectivity index (χ4v) is 2.97. The third-order valence-corrected chi connectivity index (χ3v) is 4.20. The molecule has 0 saturated heterocycles. The van der Waals surface area contributed by atoms with E-state index in [9.17, 15) is 9.59 Å². The van der Waals surface area contributed by atoms with E-state index in [1.165, 1.54) is 6.92 Å². The predicted molar refractivity (Wildman–Crippen MR) is 101 cm³/mol. The summed E-state index contributed by atoms with van der Waals surface area (Å²) in [5.41, 5.74) is 5.57. The van der Waals surface area contributed by atoms with Crippen molar-refractivity contribution in [2.75, 3.05) is 0 Å². The molecule has 2 amide bonds. The maximum atomic E-state index is 11.8. The van der Waals surface area contributed by atoms with Crippen LogP contribution in [0, 0.1) is 0 Å². The summed E-state index contributed by atoms with van der Waals surface area (Å²) in [6.07, 6.45) is 3.41. The SMILES string of the molecule is CC(=O)NC(c1cccnc1)c1ccccc1-c1ccc(C(=O)NO)cc1. The van der Waals surface area contributed by atoms with Gasteiger partial charge >= 0.3 is 0 Å². The standard InChI is InChI=1S/C21H19N3O3/c1-14(25)23-20(17-5-4-12-22-13-17)19-7-3-2-6-18(19)15-8-10-16(11-9-15)21(26)24-27/h2-13,20,27H,1H3,(H,23,25)(H,24,26). The van der Waals surface area contributed by atoms with Crippen molar-refractivity contribution in [3.8, 4) is 11.1 Å². The quantitative estimate of drug-likeness (QED) is 0.481. The highest BCUT2D eigenvalue weighted by Crippen LogP contribution is 2.32. The molecule has 0 radical (unpaired) electrons. The average molecular weight is 361 g/mol. The number of hydrogen-bond acceptors (Lipinski definition) is 4. The van der Waals surface area contributed by atoms with Crippen LogP contribution >= 0.6 is 0 Å². The van der Waals surface area contributed by atoms with E-state index in [1.54, 1.807) is 42.1 Å². The molecule has 1 heterocycles. The Hall–Kier alpha value is -3.51. The summed E-state index contributed by atoms with van der Waals surface area (Å²) in [6, 6.07) is 18.0. The van der Waals surface area contributed by atoms with E-state index in [-0.39, 0.29) is 11.9 Å². The number of pyridine rings is 1. The van der Waals surface area contributed by atoms with Gasteiger partial charge < -0.3 is 5.32 Å². The van der Waals surface area contributed by atoms with Crippen molar-refractivity contribution < 1.29 is 14.8 Å². The Labute approximate surface area is 156 Å². The molecular weight excluding hydrogens is 342 g/mol. The van der Waals surface area contributed by atoms with Gasteiger partial charge in [0.2, 0.25) is 5.91 Å². The zero-order valence-electron chi connectivity index (χ0n) is 14.7. The van der Waals surface area contributed by atoms with Crippen LogP contribution in [0.25, 0.3) is 11.1 Å². The maximum Gasteiger partial charge on any atom is 0.274 e. The summed E-state index contributed by atoms with van der Waals surface area (Å²) in [5.74, 6) is -0.713. The van der Waals surface area contributed by atoms with Gasteiger partial charge in [0.1, 0.15) is 0 Å². The van der Waals surface area contributed by atoms with Crippen LogP contribution in [0.4, 0.5) is 0 Å². The van der Waals surface area contributed by atoms with Crippen LogP contribution in [-0.4, -0.2) is 22.0 Å². The smallest absolute Gasteiger partial charge is 0.274 e. The van der Waals surface area contributed by atoms with Crippen LogP contribution in [0.15, 0.2) is 73.1 Å². The van der Waals surface area contributed by atoms with Crippen molar-refractivity contribution in [3.05, 3.63) is 89.7 Å². The van der Waals surface area contributed by atoms with E-state index < -0.39 is 5.91 Å². The molecule has 0 saturated carbocycles. The molecular formula is C21H19N3O3. The molecule has 2 aromatic carbocycles. The van der Waals surface area contributed by atoms with Gasteiger partial charge in [0.05, 0.1) is 6.04 Å². The van der Waals surface area contributed by atoms with Crippen molar-refractivity contribution in [1.82, 2.24) is 15.8 Å². The van der Waals surface area contributed by atoms with Gasteiger partial charge in [-0.05, 0) is 40.5 Å². The first-order valence-corrected chi connectivity index (χ1v) is 8.41. The van der Waals surface area contributed by atoms with Gasteiger partial charge in [-0.1, -0.05) is 42.5 Å². The zero-order chi connectivity index (χ0) is 19.2. The fraction of sp³-hybridized carbons (Fsp3) is 0.0952. The molecule has 0 spiro atoms. The highest BCUT2D eigenvalue weighted by molar-refractivity contribution is 5.93. The molecule has 0 bridgehead atoms. The van der Waals surface area contributed by atoms with Crippen molar-refractivity contribution in [3.63, 3.8) is 0 Å². The Bertz CT molecular complexity index is 940. The van der Waals surface area contributed by atoms with Gasteiger partial charge in [0.15, 0.2) is 0 Å². The third-order valence-electron chi connectivity index (χ3n) is 4.20. The van der Waals surface area contributed by atoms with E-state index in [1.807, 2.05) is 36.4 Å². The van der Waals surface area contributed by atoms with Gasteiger partial charge in [-0.25, -0.2) is 5.48 Å². The summed E-state index contributed by atoms with van der Waals surface area (Å²) in [4.78, 5) is 27.5. The highest BCUT2D eigenvalue weighted by atomic mass is 16.5. The minimum Gasteiger partial charge on any atom is -0.345 e. The number of rotatable bonds is 5. The molecule has 3 N–H and O–H groups in total. The van der Waals surface area contributed by atoms with Crippen LogP contribution in [0.1, 0.15) is 34.5 Å². The minimum absolute atomic E-state index is 0.145. The number of amides is 2. The Kier molecular flexibility index (Phi) is 5.58. The fourth-order valence-electron chi connectivity index (χ4n) is 2.97. The van der Waals surface area contributed by atoms with Gasteiger partial charge in [0.25, 0.3) is 5.91 Å². The van der Waals surface area contributed by atoms with E-state index in [4.69, 9.17) is 5.21 Å². The normalized spacial score (nSPS) is 11.5. The molecule has 3 rings (SSSR count). The monoisotopic (exact) mass is 361 g/mol. The molecule has 3 aromatic rings. The summed E-state index contributed by atoms with van der Waals surface area (Å²) in [5, 5.41) is 11.7. The molecule has 1 aromatic heterocycles. The van der Waals surface area contributed by atoms with Gasteiger partial charge in [0, 0.05) is 24.9 Å². The molecule has 6 heteroatoms. The summed E-state index contributed by atoms with van der Waals surface area (Å²) in [6.45, 7) is 1.48. The molecule has 1 atom stereocenters. The third kappa shape index (κ3) is 4.19. The Morgan fingerprint density at radius 1 is 1.00 bits per heavy atom. The van der Waals surface area contributed by atoms with Crippen molar-refractivity contribution in [1.29, 1.82) is 0 Å². The Morgan fingerprint density at radius 3 is 2.37 bits per heavy atom. The number of hydrogen-bond donors (Lipinski definition) is 3. The second kappa shape index (κ2) is 8.25. The van der Waals surface area contributed by atoms with Crippen molar-refractivity contribution in [2.45, 2.75) is 13.0 Å². The topological polar surface area (TPSA) is 91.3 Å². The van der Waals surface area contributed by atoms with E-state index >= 15 is 0 Å². The van der Waals surface area contributed by atoms with E-state index in [0.717, 1.165) is 22.3 Å². The lowest BCUT2D eigenvalue weighted by Crippen LogP contribution is -2.27. The van der Waals surface area contributed by atoms with Crippen LogP contribution in [0.2, 0.25) is 0 Å². The molecule has 0 aliphatic heterocycles. The highest BCUT2D eigenvalue weighted by Gasteiger charge is 2.19. The van der Waals surface area contributed by atoms with Crippen molar-refractivity contribution in [2.24, 2.45) is 0 Å².